The number of aryl methyl sites for hydroxylation is 2. The molecule has 0 radical (unpaired) electrons. The van der Waals surface area contributed by atoms with E-state index in [1.54, 1.807) is 11.3 Å². The minimum atomic E-state index is 0.306. The average molecular weight is 236 g/mol. The van der Waals surface area contributed by atoms with Gasteiger partial charge in [0, 0.05) is 29.2 Å². The van der Waals surface area contributed by atoms with Crippen LogP contribution in [0, 0.1) is 13.8 Å². The molecule has 0 saturated heterocycles. The molecule has 1 unspecified atom stereocenters. The normalized spacial score (nSPS) is 12.9. The standard InChI is InChI=1S/C11H16N4S/c1-7(10-4-13-14-5-10)12-6-11-8(2)15-9(3)16-11/h4-5,7,12H,6H2,1-3H3,(H,13,14). The summed E-state index contributed by atoms with van der Waals surface area (Å²) in [6.45, 7) is 7.10. The third kappa shape index (κ3) is 2.48. The van der Waals surface area contributed by atoms with E-state index >= 15 is 0 Å². The minimum Gasteiger partial charge on any atom is -0.305 e. The molecule has 0 fully saturated rings. The molecule has 2 N–H and O–H groups in total. The Hall–Kier alpha value is -1.20. The van der Waals surface area contributed by atoms with E-state index in [2.05, 4.69) is 34.3 Å². The van der Waals surface area contributed by atoms with Crippen LogP contribution in [-0.4, -0.2) is 15.2 Å². The Morgan fingerprint density at radius 2 is 2.31 bits per heavy atom. The fourth-order valence-corrected chi connectivity index (χ4v) is 2.49. The lowest BCUT2D eigenvalue weighted by molar-refractivity contribution is 0.577. The SMILES string of the molecule is Cc1nc(C)c(CNC(C)c2cn[nH]c2)s1. The van der Waals surface area contributed by atoms with Crippen LogP contribution in [0.5, 0.6) is 0 Å². The van der Waals surface area contributed by atoms with E-state index in [0.717, 1.165) is 17.2 Å². The smallest absolute Gasteiger partial charge is 0.0900 e. The van der Waals surface area contributed by atoms with Gasteiger partial charge in [-0.3, -0.25) is 5.10 Å². The summed E-state index contributed by atoms with van der Waals surface area (Å²) in [7, 11) is 0. The van der Waals surface area contributed by atoms with Crippen molar-refractivity contribution in [3.8, 4) is 0 Å². The van der Waals surface area contributed by atoms with Crippen LogP contribution in [-0.2, 0) is 6.54 Å². The monoisotopic (exact) mass is 236 g/mol. The van der Waals surface area contributed by atoms with E-state index in [4.69, 9.17) is 0 Å². The molecule has 0 aliphatic heterocycles. The maximum absolute atomic E-state index is 4.41. The summed E-state index contributed by atoms with van der Waals surface area (Å²) in [6.07, 6.45) is 3.77. The first-order chi connectivity index (χ1) is 7.66. The van der Waals surface area contributed by atoms with Gasteiger partial charge in [0.15, 0.2) is 0 Å². The number of hydrogen-bond acceptors (Lipinski definition) is 4. The number of H-pyrrole nitrogens is 1. The molecule has 1 atom stereocenters. The summed E-state index contributed by atoms with van der Waals surface area (Å²) in [5.74, 6) is 0. The van der Waals surface area contributed by atoms with Gasteiger partial charge in [0.2, 0.25) is 0 Å². The van der Waals surface area contributed by atoms with Crippen LogP contribution in [0.4, 0.5) is 0 Å². The largest absolute Gasteiger partial charge is 0.305 e. The highest BCUT2D eigenvalue weighted by Crippen LogP contribution is 2.18. The van der Waals surface area contributed by atoms with Crippen molar-refractivity contribution >= 4 is 11.3 Å². The Morgan fingerprint density at radius 3 is 2.88 bits per heavy atom. The highest BCUT2D eigenvalue weighted by Gasteiger charge is 2.08. The first-order valence-electron chi connectivity index (χ1n) is 5.32. The third-order valence-corrected chi connectivity index (χ3v) is 3.66. The molecule has 0 spiro atoms. The molecule has 0 bridgehead atoms. The number of rotatable bonds is 4. The molecule has 2 rings (SSSR count). The number of aromatic amines is 1. The molecule has 2 aromatic heterocycles. The van der Waals surface area contributed by atoms with E-state index < -0.39 is 0 Å². The van der Waals surface area contributed by atoms with Crippen LogP contribution < -0.4 is 5.32 Å². The Balaban J connectivity index is 1.95. The average Bonchev–Trinajstić information content (AvgIpc) is 2.84. The number of thiazole rings is 1. The maximum atomic E-state index is 4.41. The highest BCUT2D eigenvalue weighted by atomic mass is 32.1. The lowest BCUT2D eigenvalue weighted by Gasteiger charge is -2.10. The lowest BCUT2D eigenvalue weighted by Crippen LogP contribution is -2.17. The Labute approximate surface area is 99.1 Å². The summed E-state index contributed by atoms with van der Waals surface area (Å²) in [5.41, 5.74) is 2.31. The number of nitrogens with one attached hydrogen (secondary N) is 2. The second-order valence-electron chi connectivity index (χ2n) is 3.88. The first kappa shape index (κ1) is 11.3. The number of nitrogens with zero attached hydrogens (tertiary/aromatic N) is 2. The molecule has 2 aromatic rings. The highest BCUT2D eigenvalue weighted by molar-refractivity contribution is 7.11. The topological polar surface area (TPSA) is 53.6 Å². The zero-order valence-electron chi connectivity index (χ0n) is 9.74. The Kier molecular flexibility index (Phi) is 3.36. The van der Waals surface area contributed by atoms with Gasteiger partial charge >= 0.3 is 0 Å². The molecular weight excluding hydrogens is 220 g/mol. The fourth-order valence-electron chi connectivity index (χ4n) is 1.60. The third-order valence-electron chi connectivity index (χ3n) is 2.59. The predicted molar refractivity (Wildman–Crippen MR) is 65.4 cm³/mol. The van der Waals surface area contributed by atoms with Gasteiger partial charge in [-0.15, -0.1) is 11.3 Å². The zero-order chi connectivity index (χ0) is 11.5. The van der Waals surface area contributed by atoms with Gasteiger partial charge in [0.25, 0.3) is 0 Å². The van der Waals surface area contributed by atoms with Crippen molar-refractivity contribution in [3.05, 3.63) is 33.5 Å². The molecule has 86 valence electrons. The Morgan fingerprint density at radius 1 is 1.50 bits per heavy atom. The van der Waals surface area contributed by atoms with Gasteiger partial charge in [-0.1, -0.05) is 0 Å². The first-order valence-corrected chi connectivity index (χ1v) is 6.13. The van der Waals surface area contributed by atoms with Crippen molar-refractivity contribution in [2.75, 3.05) is 0 Å². The van der Waals surface area contributed by atoms with Gasteiger partial charge in [-0.25, -0.2) is 4.98 Å². The van der Waals surface area contributed by atoms with Crippen LogP contribution in [0.2, 0.25) is 0 Å². The summed E-state index contributed by atoms with van der Waals surface area (Å²) in [4.78, 5) is 5.72. The second-order valence-corrected chi connectivity index (χ2v) is 5.16. The van der Waals surface area contributed by atoms with E-state index in [0.29, 0.717) is 6.04 Å². The number of hydrogen-bond donors (Lipinski definition) is 2. The fraction of sp³-hybridized carbons (Fsp3) is 0.455. The van der Waals surface area contributed by atoms with Crippen LogP contribution in [0.25, 0.3) is 0 Å². The van der Waals surface area contributed by atoms with Crippen LogP contribution in [0.15, 0.2) is 12.4 Å². The second kappa shape index (κ2) is 4.76. The molecule has 0 aliphatic carbocycles. The van der Waals surface area contributed by atoms with E-state index in [9.17, 15) is 0 Å². The van der Waals surface area contributed by atoms with Crippen molar-refractivity contribution in [1.29, 1.82) is 0 Å². The Bertz CT molecular complexity index is 447. The molecular formula is C11H16N4S. The quantitative estimate of drug-likeness (QED) is 0.856. The molecule has 5 heteroatoms. The van der Waals surface area contributed by atoms with Crippen molar-refractivity contribution in [2.45, 2.75) is 33.4 Å². The van der Waals surface area contributed by atoms with Gasteiger partial charge in [-0.05, 0) is 20.8 Å². The zero-order valence-corrected chi connectivity index (χ0v) is 10.6. The summed E-state index contributed by atoms with van der Waals surface area (Å²) in [5, 5.41) is 11.4. The molecule has 0 saturated carbocycles. The predicted octanol–water partition coefficient (Wildman–Crippen LogP) is 2.33. The summed E-state index contributed by atoms with van der Waals surface area (Å²) < 4.78 is 0. The van der Waals surface area contributed by atoms with Crippen molar-refractivity contribution in [2.24, 2.45) is 0 Å². The van der Waals surface area contributed by atoms with Gasteiger partial charge in [0.05, 0.1) is 16.9 Å². The van der Waals surface area contributed by atoms with Crippen LogP contribution in [0.3, 0.4) is 0 Å². The molecule has 4 nitrogen and oxygen atoms in total. The van der Waals surface area contributed by atoms with E-state index in [1.165, 1.54) is 10.4 Å². The molecule has 0 amide bonds. The minimum absolute atomic E-state index is 0.306. The van der Waals surface area contributed by atoms with Crippen molar-refractivity contribution in [3.63, 3.8) is 0 Å². The molecule has 16 heavy (non-hydrogen) atoms. The van der Waals surface area contributed by atoms with Gasteiger partial charge in [0.1, 0.15) is 0 Å². The van der Waals surface area contributed by atoms with E-state index in [-0.39, 0.29) is 0 Å². The van der Waals surface area contributed by atoms with Crippen molar-refractivity contribution in [1.82, 2.24) is 20.5 Å². The molecule has 0 aliphatic rings. The number of aromatic nitrogens is 3. The van der Waals surface area contributed by atoms with Crippen LogP contribution >= 0.6 is 11.3 Å². The molecule has 2 heterocycles. The van der Waals surface area contributed by atoms with Gasteiger partial charge in [-0.2, -0.15) is 5.10 Å². The summed E-state index contributed by atoms with van der Waals surface area (Å²) in [6, 6.07) is 0.306. The molecule has 0 aromatic carbocycles. The van der Waals surface area contributed by atoms with E-state index in [1.807, 2.05) is 19.3 Å². The maximum Gasteiger partial charge on any atom is 0.0900 e. The summed E-state index contributed by atoms with van der Waals surface area (Å²) >= 11 is 1.76. The van der Waals surface area contributed by atoms with Crippen LogP contribution in [0.1, 0.15) is 34.1 Å². The van der Waals surface area contributed by atoms with Gasteiger partial charge < -0.3 is 5.32 Å². The lowest BCUT2D eigenvalue weighted by atomic mass is 10.2. The van der Waals surface area contributed by atoms with Crippen molar-refractivity contribution < 1.29 is 0 Å².